The van der Waals surface area contributed by atoms with Crippen LogP contribution in [-0.2, 0) is 85.8 Å². The molecule has 78 heavy (non-hydrogen) atoms. The molecule has 0 spiro atoms. The molecule has 1 rings (SSSR count). The minimum atomic E-state index is -5.98. The molecule has 1 aliphatic rings. The third kappa shape index (κ3) is 26.4. The highest BCUT2D eigenvalue weighted by Crippen LogP contribution is 2.43. The van der Waals surface area contributed by atoms with Gasteiger partial charge in [-0.3, -0.25) is 38.4 Å². The van der Waals surface area contributed by atoms with Gasteiger partial charge in [0.2, 0.25) is 0 Å². The van der Waals surface area contributed by atoms with Crippen LogP contribution < -0.4 is 0 Å². The summed E-state index contributed by atoms with van der Waals surface area (Å²) in [6, 6.07) is 0. The molecule has 0 amide bonds. The third-order valence-corrected chi connectivity index (χ3v) is 12.2. The van der Waals surface area contributed by atoms with Crippen LogP contribution in [0.1, 0.15) is 133 Å². The van der Waals surface area contributed by atoms with Gasteiger partial charge in [0.25, 0.3) is 6.10 Å². The van der Waals surface area contributed by atoms with Crippen molar-refractivity contribution in [1.29, 1.82) is 0 Å². The van der Waals surface area contributed by atoms with E-state index in [1.54, 1.807) is 13.8 Å². The van der Waals surface area contributed by atoms with Gasteiger partial charge in [-0.15, -0.1) is 0 Å². The maximum absolute atomic E-state index is 13.3. The van der Waals surface area contributed by atoms with Crippen LogP contribution in [0.4, 0.5) is 39.5 Å². The fraction of sp³-hybridized carbons (Fsp3) is 0.816. The van der Waals surface area contributed by atoms with E-state index in [1.165, 1.54) is 48.5 Å². The minimum absolute atomic E-state index is 0.00122. The van der Waals surface area contributed by atoms with Crippen molar-refractivity contribution in [2.45, 2.75) is 170 Å². The molecule has 29 heteroatoms. The van der Waals surface area contributed by atoms with Crippen molar-refractivity contribution in [2.24, 2.45) is 33.5 Å². The van der Waals surface area contributed by atoms with Crippen molar-refractivity contribution in [1.82, 2.24) is 0 Å². The van der Waals surface area contributed by atoms with Crippen LogP contribution in [0.2, 0.25) is 0 Å². The molecule has 0 bridgehead atoms. The first-order valence-electron chi connectivity index (χ1n) is 24.7. The molecule has 1 heterocycles. The summed E-state index contributed by atoms with van der Waals surface area (Å²) in [5, 5.41) is 18.1. The molecule has 6 unspecified atom stereocenters. The van der Waals surface area contributed by atoms with Gasteiger partial charge in [-0.2, -0.15) is 39.5 Å². The van der Waals surface area contributed by atoms with Gasteiger partial charge in [0.05, 0.1) is 59.0 Å². The SMILES string of the molecule is CCC(C)(CC(CC(C)(C)C(=O)O)C(=O)OCC1CCCO1)C(=O)OC(C)C(F)(F)F.CCOCCOC(=O)C(C)(CC(CC)C(=O)OCC(=O)OC(C(F)(F)F)C(F)(F)F)CC(C)(C)C(=O)OCCOC(=O)CCC(=O)O. The summed E-state index contributed by atoms with van der Waals surface area (Å²) in [6.07, 6.45) is -24.0. The Balaban J connectivity index is 0.00000165. The van der Waals surface area contributed by atoms with Gasteiger partial charge in [-0.25, -0.2) is 4.79 Å². The molecule has 0 saturated carbocycles. The largest absolute Gasteiger partial charge is 0.481 e. The number of ether oxygens (including phenoxy) is 9. The summed E-state index contributed by atoms with van der Waals surface area (Å²) in [5.74, 6) is -12.4. The Labute approximate surface area is 445 Å². The lowest BCUT2D eigenvalue weighted by atomic mass is 9.69. The Hall–Kier alpha value is -5.48. The number of esters is 7. The molecular formula is C49H73F9O20. The first-order chi connectivity index (χ1) is 35.6. The highest BCUT2D eigenvalue weighted by atomic mass is 19.4. The van der Waals surface area contributed by atoms with E-state index >= 15 is 0 Å². The molecule has 0 aromatic carbocycles. The quantitative estimate of drug-likeness (QED) is 0.0279. The molecule has 452 valence electrons. The van der Waals surface area contributed by atoms with E-state index in [4.69, 9.17) is 33.5 Å². The number of carboxylic acids is 2. The van der Waals surface area contributed by atoms with Gasteiger partial charge in [0.15, 0.2) is 12.7 Å². The number of hydrogen-bond donors (Lipinski definition) is 2. The van der Waals surface area contributed by atoms with Gasteiger partial charge < -0.3 is 52.8 Å². The smallest absolute Gasteiger partial charge is 0.434 e. The van der Waals surface area contributed by atoms with Gasteiger partial charge in [0, 0.05) is 13.2 Å². The summed E-state index contributed by atoms with van der Waals surface area (Å²) in [4.78, 5) is 110. The number of alkyl halides is 9. The lowest BCUT2D eigenvalue weighted by molar-refractivity contribution is -0.313. The zero-order valence-electron chi connectivity index (χ0n) is 45.3. The Morgan fingerprint density at radius 3 is 1.62 bits per heavy atom. The Kier molecular flexibility index (Phi) is 29.7. The zero-order valence-corrected chi connectivity index (χ0v) is 45.3. The summed E-state index contributed by atoms with van der Waals surface area (Å²) in [6.45, 7) is 12.1. The van der Waals surface area contributed by atoms with Gasteiger partial charge in [-0.1, -0.05) is 13.8 Å². The summed E-state index contributed by atoms with van der Waals surface area (Å²) in [5.41, 5.74) is -5.86. The number of aliphatic carboxylic acids is 2. The van der Waals surface area contributed by atoms with Crippen LogP contribution in [0.25, 0.3) is 0 Å². The second-order valence-electron chi connectivity index (χ2n) is 20.1. The molecule has 0 aromatic heterocycles. The third-order valence-electron chi connectivity index (χ3n) is 12.2. The van der Waals surface area contributed by atoms with Crippen LogP contribution >= 0.6 is 0 Å². The molecule has 6 atom stereocenters. The first kappa shape index (κ1) is 72.5. The van der Waals surface area contributed by atoms with Crippen LogP contribution in [0.15, 0.2) is 0 Å². The molecule has 0 aliphatic carbocycles. The predicted molar refractivity (Wildman–Crippen MR) is 248 cm³/mol. The average Bonchev–Trinajstić information content (AvgIpc) is 3.85. The summed E-state index contributed by atoms with van der Waals surface area (Å²) < 4.78 is 158. The molecule has 1 fully saturated rings. The van der Waals surface area contributed by atoms with E-state index in [2.05, 4.69) is 14.2 Å². The van der Waals surface area contributed by atoms with Crippen molar-refractivity contribution in [3.05, 3.63) is 0 Å². The average molecular weight is 1150 g/mol. The van der Waals surface area contributed by atoms with Crippen molar-refractivity contribution >= 4 is 53.7 Å². The van der Waals surface area contributed by atoms with Crippen LogP contribution in [0.3, 0.4) is 0 Å². The number of carboxylic acid groups (broad SMARTS) is 2. The van der Waals surface area contributed by atoms with Crippen molar-refractivity contribution in [3.8, 4) is 0 Å². The van der Waals surface area contributed by atoms with Crippen LogP contribution in [0.5, 0.6) is 0 Å². The topological polar surface area (TPSA) is 277 Å². The van der Waals surface area contributed by atoms with Crippen molar-refractivity contribution in [2.75, 3.05) is 52.9 Å². The van der Waals surface area contributed by atoms with Crippen molar-refractivity contribution < 1.29 is 136 Å². The van der Waals surface area contributed by atoms with E-state index < -0.39 is 157 Å². The normalized spacial score (nSPS) is 16.8. The molecule has 2 N–H and O–H groups in total. The second kappa shape index (κ2) is 31.9. The number of carbonyl (C=O) groups excluding carboxylic acids is 7. The fourth-order valence-corrected chi connectivity index (χ4v) is 7.52. The van der Waals surface area contributed by atoms with E-state index in [0.717, 1.165) is 19.8 Å². The predicted octanol–water partition coefficient (Wildman–Crippen LogP) is 8.06. The molecule has 20 nitrogen and oxygen atoms in total. The highest BCUT2D eigenvalue weighted by molar-refractivity contribution is 5.83. The lowest BCUT2D eigenvalue weighted by Gasteiger charge is -2.36. The minimum Gasteiger partial charge on any atom is -0.481 e. The highest BCUT2D eigenvalue weighted by Gasteiger charge is 2.60. The summed E-state index contributed by atoms with van der Waals surface area (Å²) in [7, 11) is 0. The number of hydrogen-bond acceptors (Lipinski definition) is 18. The molecular weight excluding hydrogens is 1080 g/mol. The number of carbonyl (C=O) groups is 9. The van der Waals surface area contributed by atoms with Gasteiger partial charge in [0.1, 0.15) is 26.4 Å². The Bertz CT molecular complexity index is 1970. The monoisotopic (exact) mass is 1150 g/mol. The van der Waals surface area contributed by atoms with E-state index in [9.17, 15) is 87.8 Å². The van der Waals surface area contributed by atoms with E-state index in [0.29, 0.717) is 13.2 Å². The maximum Gasteiger partial charge on any atom is 0.434 e. The first-order valence-corrected chi connectivity index (χ1v) is 24.7. The Morgan fingerprint density at radius 2 is 1.13 bits per heavy atom. The van der Waals surface area contributed by atoms with Crippen molar-refractivity contribution in [3.63, 3.8) is 0 Å². The summed E-state index contributed by atoms with van der Waals surface area (Å²) >= 11 is 0. The van der Waals surface area contributed by atoms with E-state index in [-0.39, 0.29) is 58.0 Å². The molecule has 0 radical (unpaired) electrons. The molecule has 1 saturated heterocycles. The van der Waals surface area contributed by atoms with Crippen LogP contribution in [0, 0.1) is 33.5 Å². The van der Waals surface area contributed by atoms with E-state index in [1.807, 2.05) is 0 Å². The van der Waals surface area contributed by atoms with Gasteiger partial charge in [-0.05, 0) is 107 Å². The fourth-order valence-electron chi connectivity index (χ4n) is 7.52. The Morgan fingerprint density at radius 1 is 0.590 bits per heavy atom. The van der Waals surface area contributed by atoms with Crippen LogP contribution in [-0.4, -0.2) is 154 Å². The number of halogens is 9. The molecule has 1 aliphatic heterocycles. The molecule has 0 aromatic rings. The second-order valence-corrected chi connectivity index (χ2v) is 20.1. The number of rotatable bonds is 32. The maximum atomic E-state index is 13.3. The van der Waals surface area contributed by atoms with Gasteiger partial charge >= 0.3 is 72.3 Å². The lowest BCUT2D eigenvalue weighted by Crippen LogP contribution is -2.46. The zero-order chi connectivity index (χ0) is 60.7. The standard InChI is InChI=1S/C28H40F6O13.C21H33F3O7/c1-6-17(21(39)46-15-20(38)47-22(27(29,30)31)28(32,33)34)14-26(5,24(41)45-11-10-42-7-2)16-25(3,4)23(40)44-13-12-43-19(37)9-8-18(35)36;1-6-20(5,18(28)31-13(2)21(22,23)24)11-14(10-19(3,4)17(26)27)16(25)30-12-15-8-7-9-29-15/h17,22H,6-16H2,1-5H3,(H,35,36);13-15H,6-12H2,1-5H3,(H,26,27).